The first kappa shape index (κ1) is 21.2. The molecule has 8 heteroatoms. The molecule has 2 aliphatic heterocycles. The van der Waals surface area contributed by atoms with Gasteiger partial charge in [0.05, 0.1) is 5.56 Å². The van der Waals surface area contributed by atoms with Crippen molar-refractivity contribution < 1.29 is 27.4 Å². The minimum Gasteiger partial charge on any atom is -0.486 e. The lowest BCUT2D eigenvalue weighted by molar-refractivity contribution is -0.137. The number of halogens is 3. The van der Waals surface area contributed by atoms with Crippen molar-refractivity contribution in [3.05, 3.63) is 65.2 Å². The SMILES string of the molecule is O=C(/C=C/c1cccc(C(F)(F)F)c1)N1CCN(Cc2ccc3c(c2)OCCO3)CC1. The van der Waals surface area contributed by atoms with Crippen LogP contribution < -0.4 is 9.47 Å². The number of alkyl halides is 3. The average Bonchev–Trinajstić information content (AvgIpc) is 2.77. The van der Waals surface area contributed by atoms with Gasteiger partial charge < -0.3 is 14.4 Å². The zero-order valence-corrected chi connectivity index (χ0v) is 16.9. The summed E-state index contributed by atoms with van der Waals surface area (Å²) in [6.07, 6.45) is -1.63. The molecule has 0 bridgehead atoms. The van der Waals surface area contributed by atoms with Crippen LogP contribution in [-0.2, 0) is 17.5 Å². The molecule has 0 aromatic heterocycles. The highest BCUT2D eigenvalue weighted by Gasteiger charge is 2.30. The summed E-state index contributed by atoms with van der Waals surface area (Å²) in [7, 11) is 0. The Hall–Kier alpha value is -3.00. The molecule has 164 valence electrons. The van der Waals surface area contributed by atoms with Gasteiger partial charge in [-0.25, -0.2) is 0 Å². The number of hydrogen-bond acceptors (Lipinski definition) is 4. The van der Waals surface area contributed by atoms with Gasteiger partial charge in [-0.2, -0.15) is 13.2 Å². The number of fused-ring (bicyclic) bond motifs is 1. The lowest BCUT2D eigenvalue weighted by atomic mass is 10.1. The van der Waals surface area contributed by atoms with Crippen LogP contribution >= 0.6 is 0 Å². The van der Waals surface area contributed by atoms with Gasteiger partial charge in [-0.3, -0.25) is 9.69 Å². The van der Waals surface area contributed by atoms with Crippen LogP contribution in [0.25, 0.3) is 6.08 Å². The number of carbonyl (C=O) groups is 1. The Balaban J connectivity index is 1.29. The van der Waals surface area contributed by atoms with Crippen LogP contribution in [0.2, 0.25) is 0 Å². The summed E-state index contributed by atoms with van der Waals surface area (Å²) in [5, 5.41) is 0. The molecule has 0 aliphatic carbocycles. The Morgan fingerprint density at radius 3 is 2.45 bits per heavy atom. The van der Waals surface area contributed by atoms with Crippen LogP contribution in [0.3, 0.4) is 0 Å². The predicted molar refractivity (Wildman–Crippen MR) is 110 cm³/mol. The van der Waals surface area contributed by atoms with Crippen molar-refractivity contribution in [2.45, 2.75) is 12.7 Å². The van der Waals surface area contributed by atoms with Gasteiger partial charge in [0.2, 0.25) is 5.91 Å². The lowest BCUT2D eigenvalue weighted by Crippen LogP contribution is -2.47. The summed E-state index contributed by atoms with van der Waals surface area (Å²) in [4.78, 5) is 16.4. The van der Waals surface area contributed by atoms with Gasteiger partial charge in [0, 0.05) is 38.8 Å². The van der Waals surface area contributed by atoms with Crippen molar-refractivity contribution in [2.75, 3.05) is 39.4 Å². The van der Waals surface area contributed by atoms with Crippen molar-refractivity contribution in [1.82, 2.24) is 9.80 Å². The normalized spacial score (nSPS) is 17.2. The smallest absolute Gasteiger partial charge is 0.416 e. The fourth-order valence-electron chi connectivity index (χ4n) is 3.66. The van der Waals surface area contributed by atoms with E-state index in [1.54, 1.807) is 11.0 Å². The summed E-state index contributed by atoms with van der Waals surface area (Å²) >= 11 is 0. The van der Waals surface area contributed by atoms with Gasteiger partial charge in [-0.15, -0.1) is 0 Å². The van der Waals surface area contributed by atoms with Gasteiger partial charge in [-0.05, 0) is 41.5 Å². The average molecular weight is 432 g/mol. The molecule has 0 atom stereocenters. The van der Waals surface area contributed by atoms with Gasteiger partial charge >= 0.3 is 6.18 Å². The highest BCUT2D eigenvalue weighted by molar-refractivity contribution is 5.91. The monoisotopic (exact) mass is 432 g/mol. The molecule has 5 nitrogen and oxygen atoms in total. The van der Waals surface area contributed by atoms with E-state index in [1.165, 1.54) is 18.2 Å². The maximum absolute atomic E-state index is 12.8. The van der Waals surface area contributed by atoms with Crippen molar-refractivity contribution >= 4 is 12.0 Å². The van der Waals surface area contributed by atoms with Crippen LogP contribution in [0, 0.1) is 0 Å². The molecule has 0 spiro atoms. The van der Waals surface area contributed by atoms with Crippen molar-refractivity contribution in [2.24, 2.45) is 0 Å². The Bertz CT molecular complexity index is 967. The number of amides is 1. The summed E-state index contributed by atoms with van der Waals surface area (Å²) in [5.74, 6) is 1.33. The number of piperazine rings is 1. The zero-order chi connectivity index (χ0) is 21.8. The van der Waals surface area contributed by atoms with E-state index in [0.717, 1.165) is 48.8 Å². The van der Waals surface area contributed by atoms with Crippen LogP contribution in [0.4, 0.5) is 13.2 Å². The molecule has 0 radical (unpaired) electrons. The van der Waals surface area contributed by atoms with Crippen LogP contribution in [-0.4, -0.2) is 55.1 Å². The van der Waals surface area contributed by atoms with E-state index in [-0.39, 0.29) is 5.91 Å². The molecule has 4 rings (SSSR count). The minimum atomic E-state index is -4.40. The lowest BCUT2D eigenvalue weighted by Gasteiger charge is -2.34. The quantitative estimate of drug-likeness (QED) is 0.689. The molecule has 1 fully saturated rings. The zero-order valence-electron chi connectivity index (χ0n) is 16.9. The molecule has 2 aromatic carbocycles. The topological polar surface area (TPSA) is 42.0 Å². The maximum atomic E-state index is 12.8. The van der Waals surface area contributed by atoms with Crippen molar-refractivity contribution in [1.29, 1.82) is 0 Å². The number of ether oxygens (including phenoxy) is 2. The fourth-order valence-corrected chi connectivity index (χ4v) is 3.66. The van der Waals surface area contributed by atoms with E-state index in [4.69, 9.17) is 9.47 Å². The third kappa shape index (κ3) is 5.38. The first-order valence-corrected chi connectivity index (χ1v) is 10.1. The summed E-state index contributed by atoms with van der Waals surface area (Å²) in [6.45, 7) is 4.43. The van der Waals surface area contributed by atoms with Gasteiger partial charge in [-0.1, -0.05) is 18.2 Å². The van der Waals surface area contributed by atoms with E-state index in [1.807, 2.05) is 18.2 Å². The molecule has 0 saturated carbocycles. The van der Waals surface area contributed by atoms with Gasteiger partial charge in [0.15, 0.2) is 11.5 Å². The predicted octanol–water partition coefficient (Wildman–Crippen LogP) is 3.83. The van der Waals surface area contributed by atoms with Crippen molar-refractivity contribution in [3.63, 3.8) is 0 Å². The third-order valence-corrected chi connectivity index (χ3v) is 5.33. The van der Waals surface area contributed by atoms with Crippen LogP contribution in [0.1, 0.15) is 16.7 Å². The number of rotatable bonds is 4. The molecule has 2 aliphatic rings. The summed E-state index contributed by atoms with van der Waals surface area (Å²) in [5.41, 5.74) is 0.740. The Morgan fingerprint density at radius 1 is 0.968 bits per heavy atom. The van der Waals surface area contributed by atoms with Crippen molar-refractivity contribution in [3.8, 4) is 11.5 Å². The van der Waals surface area contributed by atoms with E-state index in [2.05, 4.69) is 4.90 Å². The number of hydrogen-bond donors (Lipinski definition) is 0. The van der Waals surface area contributed by atoms with Crippen LogP contribution in [0.15, 0.2) is 48.5 Å². The number of carbonyl (C=O) groups excluding carboxylic acids is 1. The highest BCUT2D eigenvalue weighted by Crippen LogP contribution is 2.31. The Kier molecular flexibility index (Phi) is 6.18. The van der Waals surface area contributed by atoms with E-state index in [9.17, 15) is 18.0 Å². The largest absolute Gasteiger partial charge is 0.486 e. The second kappa shape index (κ2) is 9.01. The standard InChI is InChI=1S/C23H23F3N2O3/c24-23(25,26)19-3-1-2-17(14-19)5-7-22(29)28-10-8-27(9-11-28)16-18-4-6-20-21(15-18)31-13-12-30-20/h1-7,14-15H,8-13,16H2/b7-5+. The maximum Gasteiger partial charge on any atom is 0.416 e. The van der Waals surface area contributed by atoms with Crippen LogP contribution in [0.5, 0.6) is 11.5 Å². The molecule has 2 heterocycles. The minimum absolute atomic E-state index is 0.198. The molecular formula is C23H23F3N2O3. The van der Waals surface area contributed by atoms with E-state index < -0.39 is 11.7 Å². The molecule has 1 saturated heterocycles. The Labute approximate surface area is 178 Å². The molecule has 31 heavy (non-hydrogen) atoms. The molecule has 2 aromatic rings. The fraction of sp³-hybridized carbons (Fsp3) is 0.348. The number of benzene rings is 2. The molecule has 0 N–H and O–H groups in total. The first-order valence-electron chi connectivity index (χ1n) is 10.1. The molecular weight excluding hydrogens is 409 g/mol. The summed E-state index contributed by atoms with van der Waals surface area (Å²) < 4.78 is 49.6. The second-order valence-corrected chi connectivity index (χ2v) is 7.54. The molecule has 1 amide bonds. The second-order valence-electron chi connectivity index (χ2n) is 7.54. The van der Waals surface area contributed by atoms with E-state index >= 15 is 0 Å². The third-order valence-electron chi connectivity index (χ3n) is 5.33. The van der Waals surface area contributed by atoms with Gasteiger partial charge in [0.1, 0.15) is 13.2 Å². The summed E-state index contributed by atoms with van der Waals surface area (Å²) in [6, 6.07) is 10.9. The van der Waals surface area contributed by atoms with E-state index in [0.29, 0.717) is 31.9 Å². The Morgan fingerprint density at radius 2 is 1.71 bits per heavy atom. The highest BCUT2D eigenvalue weighted by atomic mass is 19.4. The number of nitrogens with zero attached hydrogens (tertiary/aromatic N) is 2. The molecule has 0 unspecified atom stereocenters. The first-order chi connectivity index (χ1) is 14.9. The van der Waals surface area contributed by atoms with Gasteiger partial charge in [0.25, 0.3) is 0 Å².